The predicted molar refractivity (Wildman–Crippen MR) is 81.8 cm³/mol. The highest BCUT2D eigenvalue weighted by Gasteiger charge is 2.08. The van der Waals surface area contributed by atoms with E-state index in [2.05, 4.69) is 15.4 Å². The van der Waals surface area contributed by atoms with Gasteiger partial charge in [-0.05, 0) is 48.5 Å². The van der Waals surface area contributed by atoms with Crippen molar-refractivity contribution in [2.24, 2.45) is 0 Å². The average Bonchev–Trinajstić information content (AvgIpc) is 2.49. The first-order valence-corrected chi connectivity index (χ1v) is 6.68. The zero-order valence-electron chi connectivity index (χ0n) is 12.2. The second-order valence-electron chi connectivity index (χ2n) is 4.62. The third-order valence-electron chi connectivity index (χ3n) is 2.80. The van der Waals surface area contributed by atoms with Crippen molar-refractivity contribution < 1.29 is 23.1 Å². The van der Waals surface area contributed by atoms with Crippen LogP contribution >= 0.6 is 0 Å². The molecule has 7 heteroatoms. The van der Waals surface area contributed by atoms with Crippen LogP contribution < -0.4 is 15.4 Å². The molecule has 2 N–H and O–H groups in total. The van der Waals surface area contributed by atoms with E-state index >= 15 is 0 Å². The van der Waals surface area contributed by atoms with E-state index in [0.29, 0.717) is 16.9 Å². The highest BCUT2D eigenvalue weighted by atomic mass is 19.3. The number of hydrogen-bond acceptors (Lipinski definition) is 3. The van der Waals surface area contributed by atoms with Crippen LogP contribution in [0.5, 0.6) is 5.75 Å². The van der Waals surface area contributed by atoms with Gasteiger partial charge in [-0.15, -0.1) is 0 Å². The molecule has 0 heterocycles. The molecule has 0 saturated carbocycles. The van der Waals surface area contributed by atoms with Gasteiger partial charge in [0.15, 0.2) is 0 Å². The topological polar surface area (TPSA) is 67.4 Å². The van der Waals surface area contributed by atoms with E-state index in [1.807, 2.05) is 0 Å². The van der Waals surface area contributed by atoms with Crippen LogP contribution in [0.3, 0.4) is 0 Å². The number of nitrogens with one attached hydrogen (secondary N) is 2. The van der Waals surface area contributed by atoms with Gasteiger partial charge in [-0.2, -0.15) is 8.78 Å². The molecule has 0 unspecified atom stereocenters. The van der Waals surface area contributed by atoms with Gasteiger partial charge in [-0.3, -0.25) is 9.59 Å². The van der Waals surface area contributed by atoms with E-state index < -0.39 is 6.61 Å². The first-order valence-electron chi connectivity index (χ1n) is 6.68. The van der Waals surface area contributed by atoms with Gasteiger partial charge in [0.25, 0.3) is 5.91 Å². The van der Waals surface area contributed by atoms with Gasteiger partial charge in [-0.25, -0.2) is 0 Å². The Morgan fingerprint density at radius 3 is 1.91 bits per heavy atom. The van der Waals surface area contributed by atoms with E-state index in [1.165, 1.54) is 31.2 Å². The minimum Gasteiger partial charge on any atom is -0.435 e. The molecule has 120 valence electrons. The summed E-state index contributed by atoms with van der Waals surface area (Å²) < 4.78 is 28.3. The Bertz CT molecular complexity index is 685. The molecular weight excluding hydrogens is 306 g/mol. The SMILES string of the molecule is CC(=O)Nc1ccc(NC(=O)c2ccc(OC(F)F)cc2)cc1. The summed E-state index contributed by atoms with van der Waals surface area (Å²) in [6.45, 7) is -1.51. The Hall–Kier alpha value is -2.96. The van der Waals surface area contributed by atoms with Crippen LogP contribution in [0, 0.1) is 0 Å². The summed E-state index contributed by atoms with van der Waals surface area (Å²) in [5.41, 5.74) is 1.46. The largest absolute Gasteiger partial charge is 0.435 e. The molecule has 0 atom stereocenters. The van der Waals surface area contributed by atoms with Crippen molar-refractivity contribution in [2.45, 2.75) is 13.5 Å². The van der Waals surface area contributed by atoms with Crippen LogP contribution in [0.25, 0.3) is 0 Å². The van der Waals surface area contributed by atoms with E-state index in [1.54, 1.807) is 24.3 Å². The number of carbonyl (C=O) groups is 2. The van der Waals surface area contributed by atoms with Crippen molar-refractivity contribution in [3.05, 3.63) is 54.1 Å². The monoisotopic (exact) mass is 320 g/mol. The predicted octanol–water partition coefficient (Wildman–Crippen LogP) is 3.50. The van der Waals surface area contributed by atoms with Gasteiger partial charge < -0.3 is 15.4 Å². The molecule has 0 aromatic heterocycles. The minimum absolute atomic E-state index is 0.0174. The highest BCUT2D eigenvalue weighted by Crippen LogP contribution is 2.17. The van der Waals surface area contributed by atoms with Crippen LogP contribution in [0.2, 0.25) is 0 Å². The summed E-state index contributed by atoms with van der Waals surface area (Å²) in [6.07, 6.45) is 0. The molecular formula is C16H14F2N2O3. The first kappa shape index (κ1) is 16.4. The Labute approximate surface area is 131 Å². The van der Waals surface area contributed by atoms with Crippen molar-refractivity contribution in [3.8, 4) is 5.75 Å². The summed E-state index contributed by atoms with van der Waals surface area (Å²) in [4.78, 5) is 23.0. The molecule has 0 radical (unpaired) electrons. The maximum absolute atomic E-state index is 12.1. The number of benzene rings is 2. The number of hydrogen-bond donors (Lipinski definition) is 2. The number of amides is 2. The lowest BCUT2D eigenvalue weighted by Crippen LogP contribution is -2.12. The van der Waals surface area contributed by atoms with Gasteiger partial charge in [-0.1, -0.05) is 0 Å². The molecule has 5 nitrogen and oxygen atoms in total. The van der Waals surface area contributed by atoms with Crippen molar-refractivity contribution in [2.75, 3.05) is 10.6 Å². The molecule has 0 fully saturated rings. The third-order valence-corrected chi connectivity index (χ3v) is 2.80. The van der Waals surface area contributed by atoms with Crippen LogP contribution in [-0.4, -0.2) is 18.4 Å². The molecule has 0 saturated heterocycles. The molecule has 2 aromatic carbocycles. The van der Waals surface area contributed by atoms with Gasteiger partial charge in [0.2, 0.25) is 5.91 Å². The van der Waals surface area contributed by atoms with Crippen LogP contribution in [-0.2, 0) is 4.79 Å². The zero-order chi connectivity index (χ0) is 16.8. The molecule has 23 heavy (non-hydrogen) atoms. The maximum Gasteiger partial charge on any atom is 0.387 e. The lowest BCUT2D eigenvalue weighted by Gasteiger charge is -2.08. The smallest absolute Gasteiger partial charge is 0.387 e. The summed E-state index contributed by atoms with van der Waals surface area (Å²) >= 11 is 0. The lowest BCUT2D eigenvalue weighted by atomic mass is 10.2. The maximum atomic E-state index is 12.1. The van der Waals surface area contributed by atoms with Gasteiger partial charge in [0.1, 0.15) is 5.75 Å². The van der Waals surface area contributed by atoms with Gasteiger partial charge in [0, 0.05) is 23.9 Å². The van der Waals surface area contributed by atoms with Gasteiger partial charge >= 0.3 is 6.61 Å². The standard InChI is InChI=1S/C16H14F2N2O3/c1-10(21)19-12-4-6-13(7-5-12)20-15(22)11-2-8-14(9-3-11)23-16(17)18/h2-9,16H,1H3,(H,19,21)(H,20,22). The minimum atomic E-state index is -2.91. The number of alkyl halides is 2. The summed E-state index contributed by atoms with van der Waals surface area (Å²) in [5.74, 6) is -0.593. The van der Waals surface area contributed by atoms with Gasteiger partial charge in [0.05, 0.1) is 0 Å². The molecule has 0 spiro atoms. The molecule has 0 bridgehead atoms. The Balaban J connectivity index is 1.99. The Morgan fingerprint density at radius 2 is 1.43 bits per heavy atom. The Morgan fingerprint density at radius 1 is 0.913 bits per heavy atom. The summed E-state index contributed by atoms with van der Waals surface area (Å²) in [6, 6.07) is 11.9. The third kappa shape index (κ3) is 5.06. The second-order valence-corrected chi connectivity index (χ2v) is 4.62. The van der Waals surface area contributed by atoms with Crippen LogP contribution in [0.15, 0.2) is 48.5 Å². The molecule has 0 aliphatic rings. The quantitative estimate of drug-likeness (QED) is 0.886. The lowest BCUT2D eigenvalue weighted by molar-refractivity contribution is -0.114. The first-order chi connectivity index (χ1) is 10.9. The average molecular weight is 320 g/mol. The highest BCUT2D eigenvalue weighted by molar-refractivity contribution is 6.04. The van der Waals surface area contributed by atoms with E-state index in [-0.39, 0.29) is 17.6 Å². The number of halogens is 2. The second kappa shape index (κ2) is 7.35. The summed E-state index contributed by atoms with van der Waals surface area (Å²) in [5, 5.41) is 5.27. The van der Waals surface area contributed by atoms with Crippen molar-refractivity contribution in [1.82, 2.24) is 0 Å². The number of rotatable bonds is 5. The molecule has 0 aliphatic heterocycles. The van der Waals surface area contributed by atoms with Crippen LogP contribution in [0.1, 0.15) is 17.3 Å². The fourth-order valence-corrected chi connectivity index (χ4v) is 1.83. The van der Waals surface area contributed by atoms with Crippen molar-refractivity contribution >= 4 is 23.2 Å². The van der Waals surface area contributed by atoms with Crippen molar-refractivity contribution in [3.63, 3.8) is 0 Å². The normalized spacial score (nSPS) is 10.3. The number of anilines is 2. The zero-order valence-corrected chi connectivity index (χ0v) is 12.2. The van der Waals surface area contributed by atoms with E-state index in [4.69, 9.17) is 0 Å². The fraction of sp³-hybridized carbons (Fsp3) is 0.125. The fourth-order valence-electron chi connectivity index (χ4n) is 1.83. The molecule has 2 amide bonds. The van der Waals surface area contributed by atoms with Crippen LogP contribution in [0.4, 0.5) is 20.2 Å². The van der Waals surface area contributed by atoms with Crippen molar-refractivity contribution in [1.29, 1.82) is 0 Å². The molecule has 2 rings (SSSR count). The number of carbonyl (C=O) groups excluding carboxylic acids is 2. The summed E-state index contributed by atoms with van der Waals surface area (Å²) in [7, 11) is 0. The molecule has 0 aliphatic carbocycles. The Kier molecular flexibility index (Phi) is 5.24. The molecule has 2 aromatic rings. The van der Waals surface area contributed by atoms with E-state index in [9.17, 15) is 18.4 Å². The van der Waals surface area contributed by atoms with E-state index in [0.717, 1.165) is 0 Å². The number of ether oxygens (including phenoxy) is 1.